The molecule has 0 saturated heterocycles. The summed E-state index contributed by atoms with van der Waals surface area (Å²) in [5.41, 5.74) is 1.24. The van der Waals surface area contributed by atoms with Gasteiger partial charge in [0.1, 0.15) is 0 Å². The van der Waals surface area contributed by atoms with Gasteiger partial charge >= 0.3 is 0 Å². The van der Waals surface area contributed by atoms with Crippen LogP contribution in [0.3, 0.4) is 0 Å². The Kier molecular flexibility index (Phi) is 3.67. The Hall–Kier alpha value is -1.41. The van der Waals surface area contributed by atoms with E-state index in [2.05, 4.69) is 44.0 Å². The van der Waals surface area contributed by atoms with Crippen molar-refractivity contribution in [3.63, 3.8) is 0 Å². The monoisotopic (exact) mass is 243 g/mol. The van der Waals surface area contributed by atoms with Crippen LogP contribution in [0.4, 0.5) is 0 Å². The second-order valence-corrected chi connectivity index (χ2v) is 5.93. The van der Waals surface area contributed by atoms with E-state index < -0.39 is 0 Å². The van der Waals surface area contributed by atoms with Gasteiger partial charge in [0.25, 0.3) is 0 Å². The number of rotatable bonds is 3. The minimum Gasteiger partial charge on any atom is -0.393 e. The van der Waals surface area contributed by atoms with Crippen molar-refractivity contribution in [2.75, 3.05) is 0 Å². The van der Waals surface area contributed by atoms with Crippen LogP contribution in [0.25, 0.3) is 10.8 Å². The summed E-state index contributed by atoms with van der Waals surface area (Å²) in [5, 5.41) is 12.5. The van der Waals surface area contributed by atoms with Gasteiger partial charge in [-0.25, -0.2) is 0 Å². The second-order valence-electron chi connectivity index (χ2n) is 5.93. The molecule has 1 aromatic carbocycles. The van der Waals surface area contributed by atoms with Crippen molar-refractivity contribution in [3.8, 4) is 0 Å². The van der Waals surface area contributed by atoms with E-state index in [1.165, 1.54) is 16.3 Å². The van der Waals surface area contributed by atoms with Gasteiger partial charge in [-0.15, -0.1) is 0 Å². The zero-order chi connectivity index (χ0) is 13.2. The summed E-state index contributed by atoms with van der Waals surface area (Å²) >= 11 is 0. The second kappa shape index (κ2) is 5.07. The Morgan fingerprint density at radius 1 is 1.22 bits per heavy atom. The molecule has 1 heterocycles. The molecule has 1 atom stereocenters. The molecule has 2 nitrogen and oxygen atoms in total. The van der Waals surface area contributed by atoms with Crippen LogP contribution in [0.1, 0.15) is 32.8 Å². The number of benzene rings is 1. The Morgan fingerprint density at radius 3 is 2.72 bits per heavy atom. The zero-order valence-corrected chi connectivity index (χ0v) is 11.4. The lowest BCUT2D eigenvalue weighted by molar-refractivity contribution is 0.0561. The molecule has 0 bridgehead atoms. The molecule has 0 amide bonds. The highest BCUT2D eigenvalue weighted by Gasteiger charge is 2.21. The minimum absolute atomic E-state index is 0.0495. The standard InChI is InChI=1S/C16H21NO/c1-16(2,3)15(18)8-7-12-5-4-6-13-11-17-10-9-14(12)13/h4-6,9-11,15,18H,7-8H2,1-3H3. The summed E-state index contributed by atoms with van der Waals surface area (Å²) in [6.07, 6.45) is 5.14. The molecule has 2 heteroatoms. The van der Waals surface area contributed by atoms with Gasteiger partial charge < -0.3 is 5.11 Å². The van der Waals surface area contributed by atoms with E-state index >= 15 is 0 Å². The Bertz CT molecular complexity index is 523. The Labute approximate surface area is 109 Å². The first-order valence-corrected chi connectivity index (χ1v) is 6.48. The normalized spacial score (nSPS) is 13.8. The third-order valence-corrected chi connectivity index (χ3v) is 3.46. The first-order chi connectivity index (χ1) is 8.48. The molecule has 0 radical (unpaired) electrons. The van der Waals surface area contributed by atoms with Gasteiger partial charge in [-0.2, -0.15) is 0 Å². The molecule has 1 N–H and O–H groups in total. The van der Waals surface area contributed by atoms with Gasteiger partial charge in [0.15, 0.2) is 0 Å². The van der Waals surface area contributed by atoms with E-state index in [0.29, 0.717) is 0 Å². The summed E-state index contributed by atoms with van der Waals surface area (Å²) in [6, 6.07) is 8.32. The van der Waals surface area contributed by atoms with Crippen molar-refractivity contribution in [1.29, 1.82) is 0 Å². The molecule has 2 aromatic rings. The maximum Gasteiger partial charge on any atom is 0.0591 e. The first-order valence-electron chi connectivity index (χ1n) is 6.48. The fourth-order valence-electron chi connectivity index (χ4n) is 2.13. The molecule has 1 unspecified atom stereocenters. The molecule has 0 aliphatic carbocycles. The van der Waals surface area contributed by atoms with Crippen LogP contribution in [0.5, 0.6) is 0 Å². The summed E-state index contributed by atoms with van der Waals surface area (Å²) < 4.78 is 0. The number of nitrogens with zero attached hydrogens (tertiary/aromatic N) is 1. The van der Waals surface area contributed by atoms with Gasteiger partial charge in [0, 0.05) is 17.8 Å². The van der Waals surface area contributed by atoms with Gasteiger partial charge in [-0.3, -0.25) is 4.98 Å². The van der Waals surface area contributed by atoms with Gasteiger partial charge in [0.05, 0.1) is 6.10 Å². The fraction of sp³-hybridized carbons (Fsp3) is 0.438. The van der Waals surface area contributed by atoms with E-state index in [4.69, 9.17) is 0 Å². The van der Waals surface area contributed by atoms with Crippen LogP contribution in [0.2, 0.25) is 0 Å². The number of pyridine rings is 1. The zero-order valence-electron chi connectivity index (χ0n) is 11.4. The number of aryl methyl sites for hydroxylation is 1. The number of hydrogen-bond donors (Lipinski definition) is 1. The lowest BCUT2D eigenvalue weighted by Crippen LogP contribution is -2.26. The van der Waals surface area contributed by atoms with Gasteiger partial charge in [-0.05, 0) is 35.3 Å². The highest BCUT2D eigenvalue weighted by molar-refractivity contribution is 5.84. The van der Waals surface area contributed by atoms with E-state index in [1.807, 2.05) is 18.5 Å². The smallest absolute Gasteiger partial charge is 0.0591 e. The molecule has 96 valence electrons. The highest BCUT2D eigenvalue weighted by atomic mass is 16.3. The lowest BCUT2D eigenvalue weighted by Gasteiger charge is -2.25. The molecule has 0 saturated carbocycles. The average Bonchev–Trinajstić information content (AvgIpc) is 2.34. The SMILES string of the molecule is CC(C)(C)C(O)CCc1cccc2cnccc12. The van der Waals surface area contributed by atoms with Crippen LogP contribution >= 0.6 is 0 Å². The van der Waals surface area contributed by atoms with Crippen molar-refractivity contribution in [2.24, 2.45) is 5.41 Å². The van der Waals surface area contributed by atoms with Crippen molar-refractivity contribution in [3.05, 3.63) is 42.2 Å². The summed E-state index contributed by atoms with van der Waals surface area (Å²) in [5.74, 6) is 0. The molecular weight excluding hydrogens is 222 g/mol. The molecular formula is C16H21NO. The van der Waals surface area contributed by atoms with Crippen LogP contribution in [0, 0.1) is 5.41 Å². The summed E-state index contributed by atoms with van der Waals surface area (Å²) in [7, 11) is 0. The molecule has 1 aromatic heterocycles. The topological polar surface area (TPSA) is 33.1 Å². The predicted octanol–water partition coefficient (Wildman–Crippen LogP) is 3.57. The molecule has 0 aliphatic rings. The van der Waals surface area contributed by atoms with E-state index in [1.54, 1.807) is 0 Å². The fourth-order valence-corrected chi connectivity index (χ4v) is 2.13. The highest BCUT2D eigenvalue weighted by Crippen LogP contribution is 2.25. The first kappa shape index (κ1) is 13.0. The largest absolute Gasteiger partial charge is 0.393 e. The number of aliphatic hydroxyl groups is 1. The van der Waals surface area contributed by atoms with Gasteiger partial charge in [0.2, 0.25) is 0 Å². The number of hydrogen-bond acceptors (Lipinski definition) is 2. The summed E-state index contributed by atoms with van der Waals surface area (Å²) in [6.45, 7) is 6.22. The molecule has 0 aliphatic heterocycles. The van der Waals surface area contributed by atoms with Crippen LogP contribution in [-0.4, -0.2) is 16.2 Å². The minimum atomic E-state index is -0.269. The maximum absolute atomic E-state index is 10.1. The van der Waals surface area contributed by atoms with Crippen molar-refractivity contribution in [1.82, 2.24) is 4.98 Å². The molecule has 2 rings (SSSR count). The van der Waals surface area contributed by atoms with Crippen molar-refractivity contribution < 1.29 is 5.11 Å². The Balaban J connectivity index is 2.18. The van der Waals surface area contributed by atoms with Crippen LogP contribution in [-0.2, 0) is 6.42 Å². The number of aliphatic hydroxyl groups excluding tert-OH is 1. The average molecular weight is 243 g/mol. The van der Waals surface area contributed by atoms with Crippen molar-refractivity contribution in [2.45, 2.75) is 39.7 Å². The van der Waals surface area contributed by atoms with E-state index in [0.717, 1.165) is 12.8 Å². The predicted molar refractivity (Wildman–Crippen MR) is 75.5 cm³/mol. The van der Waals surface area contributed by atoms with Crippen LogP contribution < -0.4 is 0 Å². The van der Waals surface area contributed by atoms with Crippen molar-refractivity contribution >= 4 is 10.8 Å². The number of fused-ring (bicyclic) bond motifs is 1. The third-order valence-electron chi connectivity index (χ3n) is 3.46. The lowest BCUT2D eigenvalue weighted by atomic mass is 9.85. The summed E-state index contributed by atoms with van der Waals surface area (Å²) in [4.78, 5) is 4.14. The molecule has 0 fully saturated rings. The molecule has 18 heavy (non-hydrogen) atoms. The maximum atomic E-state index is 10.1. The van der Waals surface area contributed by atoms with E-state index in [-0.39, 0.29) is 11.5 Å². The van der Waals surface area contributed by atoms with Gasteiger partial charge in [-0.1, -0.05) is 39.0 Å². The Morgan fingerprint density at radius 2 is 2.00 bits per heavy atom. The number of aromatic nitrogens is 1. The van der Waals surface area contributed by atoms with E-state index in [9.17, 15) is 5.11 Å². The third kappa shape index (κ3) is 2.88. The quantitative estimate of drug-likeness (QED) is 0.894. The molecule has 0 spiro atoms. The van der Waals surface area contributed by atoms with Crippen LogP contribution in [0.15, 0.2) is 36.7 Å².